The van der Waals surface area contributed by atoms with Gasteiger partial charge >= 0.3 is 6.03 Å². The molecule has 0 radical (unpaired) electrons. The number of nitrogens with zero attached hydrogens (tertiary/aromatic N) is 4. The van der Waals surface area contributed by atoms with Crippen molar-refractivity contribution in [3.8, 4) is 11.1 Å². The first-order valence-corrected chi connectivity index (χ1v) is 10.6. The summed E-state index contributed by atoms with van der Waals surface area (Å²) < 4.78 is 2.03. The van der Waals surface area contributed by atoms with Crippen LogP contribution in [-0.4, -0.2) is 51.2 Å². The Hall–Kier alpha value is -2.61. The number of likely N-dealkylation sites (tertiary alicyclic amines) is 1. The summed E-state index contributed by atoms with van der Waals surface area (Å²) in [7, 11) is 0. The van der Waals surface area contributed by atoms with Gasteiger partial charge in [0.25, 0.3) is 0 Å². The zero-order chi connectivity index (χ0) is 21.5. The average molecular weight is 431 g/mol. The lowest BCUT2D eigenvalue weighted by Crippen LogP contribution is -2.35. The third kappa shape index (κ3) is 4.28. The Labute approximate surface area is 181 Å². The van der Waals surface area contributed by atoms with Gasteiger partial charge in [-0.25, -0.2) is 9.78 Å². The zero-order valence-electron chi connectivity index (χ0n) is 17.5. The predicted molar refractivity (Wildman–Crippen MR) is 115 cm³/mol. The van der Waals surface area contributed by atoms with Gasteiger partial charge in [0, 0.05) is 56.1 Å². The molecular weight excluding hydrogens is 404 g/mol. The van der Waals surface area contributed by atoms with Crippen molar-refractivity contribution >= 4 is 29.4 Å². The second-order valence-corrected chi connectivity index (χ2v) is 9.41. The molecule has 0 aliphatic carbocycles. The minimum atomic E-state index is -0.321. The summed E-state index contributed by atoms with van der Waals surface area (Å²) in [5.41, 5.74) is 3.11. The number of amides is 3. The Morgan fingerprint density at radius 3 is 2.83 bits per heavy atom. The van der Waals surface area contributed by atoms with Crippen LogP contribution in [0.5, 0.6) is 0 Å². The van der Waals surface area contributed by atoms with Gasteiger partial charge < -0.3 is 10.2 Å². The normalized spacial score (nSPS) is 19.6. The Morgan fingerprint density at radius 2 is 2.10 bits per heavy atom. The molecule has 4 rings (SSSR count). The maximum atomic E-state index is 12.3. The van der Waals surface area contributed by atoms with Gasteiger partial charge in [0.15, 0.2) is 0 Å². The van der Waals surface area contributed by atoms with E-state index in [0.717, 1.165) is 42.8 Å². The Kier molecular flexibility index (Phi) is 5.44. The minimum absolute atomic E-state index is 0.0786. The van der Waals surface area contributed by atoms with Crippen LogP contribution in [0.4, 0.5) is 10.6 Å². The van der Waals surface area contributed by atoms with Crippen molar-refractivity contribution in [1.82, 2.24) is 25.0 Å². The number of aromatic nitrogens is 3. The first-order chi connectivity index (χ1) is 14.2. The summed E-state index contributed by atoms with van der Waals surface area (Å²) in [4.78, 5) is 29.8. The Balaban J connectivity index is 1.41. The van der Waals surface area contributed by atoms with Gasteiger partial charge in [0.2, 0.25) is 5.91 Å². The Bertz CT molecular complexity index is 986. The lowest BCUT2D eigenvalue weighted by Gasteiger charge is -2.15. The molecule has 1 atom stereocenters. The van der Waals surface area contributed by atoms with Gasteiger partial charge in [0.1, 0.15) is 5.82 Å². The van der Waals surface area contributed by atoms with E-state index < -0.39 is 0 Å². The van der Waals surface area contributed by atoms with E-state index in [-0.39, 0.29) is 23.3 Å². The van der Waals surface area contributed by atoms with E-state index in [4.69, 9.17) is 11.6 Å². The summed E-state index contributed by atoms with van der Waals surface area (Å²) in [5.74, 6) is 0.780. The quantitative estimate of drug-likeness (QED) is 0.779. The second-order valence-electron chi connectivity index (χ2n) is 9.01. The monoisotopic (exact) mass is 430 g/mol. The molecule has 0 bridgehead atoms. The number of hydrogen-bond donors (Lipinski definition) is 2. The molecule has 160 valence electrons. The van der Waals surface area contributed by atoms with Gasteiger partial charge in [-0.3, -0.25) is 14.8 Å². The smallest absolute Gasteiger partial charge is 0.320 e. The molecule has 0 aromatic carbocycles. The summed E-state index contributed by atoms with van der Waals surface area (Å²) in [6.45, 7) is 8.83. The molecule has 9 heteroatoms. The highest BCUT2D eigenvalue weighted by Crippen LogP contribution is 2.39. The molecule has 0 spiro atoms. The van der Waals surface area contributed by atoms with Crippen molar-refractivity contribution in [3.05, 3.63) is 29.2 Å². The highest BCUT2D eigenvalue weighted by atomic mass is 35.5. The van der Waals surface area contributed by atoms with Crippen LogP contribution in [0.1, 0.15) is 32.9 Å². The maximum absolute atomic E-state index is 12.3. The van der Waals surface area contributed by atoms with Gasteiger partial charge in [-0.05, 0) is 30.2 Å². The van der Waals surface area contributed by atoms with E-state index in [9.17, 15) is 9.59 Å². The average Bonchev–Trinajstić information content (AvgIpc) is 3.36. The van der Waals surface area contributed by atoms with E-state index in [1.165, 1.54) is 0 Å². The number of halogens is 1. The van der Waals surface area contributed by atoms with Crippen molar-refractivity contribution in [2.24, 2.45) is 11.3 Å². The van der Waals surface area contributed by atoms with Crippen molar-refractivity contribution in [1.29, 1.82) is 0 Å². The van der Waals surface area contributed by atoms with Gasteiger partial charge in [-0.2, -0.15) is 5.10 Å². The fourth-order valence-corrected chi connectivity index (χ4v) is 4.47. The van der Waals surface area contributed by atoms with Crippen molar-refractivity contribution in [3.63, 3.8) is 0 Å². The lowest BCUT2D eigenvalue weighted by atomic mass is 9.89. The molecule has 2 aromatic rings. The zero-order valence-corrected chi connectivity index (χ0v) is 18.3. The number of carbonyl (C=O) groups is 2. The molecule has 1 saturated heterocycles. The van der Waals surface area contributed by atoms with E-state index in [2.05, 4.69) is 34.6 Å². The number of urea groups is 1. The van der Waals surface area contributed by atoms with Crippen molar-refractivity contribution < 1.29 is 9.59 Å². The lowest BCUT2D eigenvalue weighted by molar-refractivity contribution is -0.127. The van der Waals surface area contributed by atoms with Crippen LogP contribution in [0.25, 0.3) is 11.1 Å². The SMILES string of the molecule is CC(=O)N1CC[C@@H](CNC(=O)Nc2cc(-c3cnn4c3CC(C)(C)C4)c(Cl)cn2)C1. The summed E-state index contributed by atoms with van der Waals surface area (Å²) in [6, 6.07) is 1.47. The largest absolute Gasteiger partial charge is 0.343 e. The maximum Gasteiger partial charge on any atom is 0.320 e. The third-order valence-electron chi connectivity index (χ3n) is 5.84. The second kappa shape index (κ2) is 7.91. The minimum Gasteiger partial charge on any atom is -0.343 e. The number of carbonyl (C=O) groups excluding carboxylic acids is 2. The Morgan fingerprint density at radius 1 is 1.30 bits per heavy atom. The molecule has 4 heterocycles. The molecular formula is C21H27ClN6O2. The third-order valence-corrected chi connectivity index (χ3v) is 6.14. The highest BCUT2D eigenvalue weighted by molar-refractivity contribution is 6.33. The number of hydrogen-bond acceptors (Lipinski definition) is 4. The van der Waals surface area contributed by atoms with Crippen LogP contribution in [0.2, 0.25) is 5.02 Å². The summed E-state index contributed by atoms with van der Waals surface area (Å²) >= 11 is 6.42. The van der Waals surface area contributed by atoms with E-state index in [0.29, 0.717) is 23.9 Å². The molecule has 2 aliphatic rings. The van der Waals surface area contributed by atoms with Crippen LogP contribution in [-0.2, 0) is 17.8 Å². The highest BCUT2D eigenvalue weighted by Gasteiger charge is 2.32. The van der Waals surface area contributed by atoms with Gasteiger partial charge in [0.05, 0.1) is 11.2 Å². The van der Waals surface area contributed by atoms with E-state index in [1.807, 2.05) is 15.8 Å². The molecule has 2 aromatic heterocycles. The van der Waals surface area contributed by atoms with Crippen molar-refractivity contribution in [2.45, 2.75) is 40.2 Å². The number of fused-ring (bicyclic) bond motifs is 1. The number of rotatable bonds is 4. The molecule has 3 amide bonds. The van der Waals surface area contributed by atoms with Crippen LogP contribution >= 0.6 is 11.6 Å². The first-order valence-electron chi connectivity index (χ1n) is 10.2. The van der Waals surface area contributed by atoms with Gasteiger partial charge in [-0.15, -0.1) is 0 Å². The predicted octanol–water partition coefficient (Wildman–Crippen LogP) is 3.17. The molecule has 2 N–H and O–H groups in total. The number of nitrogens with one attached hydrogen (secondary N) is 2. The van der Waals surface area contributed by atoms with Crippen LogP contribution in [0.15, 0.2) is 18.5 Å². The standard InChI is InChI=1S/C21H27ClN6O2/c1-13(29)27-5-4-14(11-27)8-24-20(30)26-19-6-15(17(22)10-23-19)16-9-25-28-12-21(2,3)7-18(16)28/h6,9-10,14H,4-5,7-8,11-12H2,1-3H3,(H2,23,24,26,30)/t14-/m0/s1. The van der Waals surface area contributed by atoms with Crippen molar-refractivity contribution in [2.75, 3.05) is 25.0 Å². The summed E-state index contributed by atoms with van der Waals surface area (Å²) in [5, 5.41) is 10.7. The van der Waals surface area contributed by atoms with Crippen LogP contribution in [0.3, 0.4) is 0 Å². The molecule has 2 aliphatic heterocycles. The van der Waals surface area contributed by atoms with E-state index >= 15 is 0 Å². The summed E-state index contributed by atoms with van der Waals surface area (Å²) in [6.07, 6.45) is 5.20. The molecule has 1 fully saturated rings. The van der Waals surface area contributed by atoms with E-state index in [1.54, 1.807) is 19.2 Å². The fourth-order valence-electron chi connectivity index (χ4n) is 4.27. The van der Waals surface area contributed by atoms with Crippen LogP contribution in [0, 0.1) is 11.3 Å². The topological polar surface area (TPSA) is 92.2 Å². The number of pyridine rings is 1. The van der Waals surface area contributed by atoms with Gasteiger partial charge in [-0.1, -0.05) is 25.4 Å². The first kappa shape index (κ1) is 20.7. The molecule has 30 heavy (non-hydrogen) atoms. The molecule has 0 unspecified atom stereocenters. The number of anilines is 1. The molecule has 8 nitrogen and oxygen atoms in total. The fraction of sp³-hybridized carbons (Fsp3) is 0.524. The molecule has 0 saturated carbocycles. The van der Waals surface area contributed by atoms with Crippen LogP contribution < -0.4 is 10.6 Å².